The highest BCUT2D eigenvalue weighted by Crippen LogP contribution is 2.30. The van der Waals surface area contributed by atoms with Crippen molar-refractivity contribution in [2.45, 2.75) is 13.5 Å². The third kappa shape index (κ3) is 4.43. The second kappa shape index (κ2) is 8.56. The molecule has 0 aliphatic rings. The molecule has 27 heavy (non-hydrogen) atoms. The van der Waals surface area contributed by atoms with E-state index in [0.717, 1.165) is 4.70 Å². The molecule has 0 atom stereocenters. The lowest BCUT2D eigenvalue weighted by Gasteiger charge is -2.06. The van der Waals surface area contributed by atoms with Crippen LogP contribution in [0.2, 0.25) is 10.0 Å². The van der Waals surface area contributed by atoms with E-state index in [-0.39, 0.29) is 13.2 Å². The Morgan fingerprint density at radius 2 is 2.00 bits per heavy atom. The third-order valence-corrected chi connectivity index (χ3v) is 5.81. The topological polar surface area (TPSA) is 60.7 Å². The Morgan fingerprint density at radius 1 is 1.26 bits per heavy atom. The molecule has 1 heterocycles. The summed E-state index contributed by atoms with van der Waals surface area (Å²) >= 11 is 17.0. The van der Waals surface area contributed by atoms with Crippen LogP contribution in [0.15, 0.2) is 45.9 Å². The Hall–Kier alpha value is -1.67. The summed E-state index contributed by atoms with van der Waals surface area (Å²) in [6.07, 6.45) is 0. The van der Waals surface area contributed by atoms with E-state index in [0.29, 0.717) is 30.4 Å². The van der Waals surface area contributed by atoms with Crippen LogP contribution in [0.4, 0.5) is 0 Å². The Bertz CT molecular complexity index is 1110. The number of fused-ring (bicyclic) bond motifs is 1. The number of ether oxygens (including phenoxy) is 1. The fourth-order valence-corrected chi connectivity index (χ4v) is 4.74. The van der Waals surface area contributed by atoms with Crippen LogP contribution in [0.5, 0.6) is 0 Å². The molecule has 2 aromatic carbocycles. The van der Waals surface area contributed by atoms with Crippen molar-refractivity contribution in [3.05, 3.63) is 61.3 Å². The molecule has 0 spiro atoms. The van der Waals surface area contributed by atoms with Crippen molar-refractivity contribution in [1.82, 2.24) is 4.57 Å². The smallest absolute Gasteiger partial charge is 0.326 e. The van der Waals surface area contributed by atoms with Crippen LogP contribution in [-0.4, -0.2) is 23.1 Å². The van der Waals surface area contributed by atoms with Crippen molar-refractivity contribution in [2.24, 2.45) is 4.99 Å². The molecule has 0 radical (unpaired) electrons. The van der Waals surface area contributed by atoms with Crippen LogP contribution >= 0.6 is 50.5 Å². The van der Waals surface area contributed by atoms with Gasteiger partial charge in [-0.3, -0.25) is 9.59 Å². The number of amides is 1. The van der Waals surface area contributed by atoms with Crippen LogP contribution in [0.1, 0.15) is 17.3 Å². The molecule has 0 aliphatic carbocycles. The van der Waals surface area contributed by atoms with Gasteiger partial charge in [-0.05, 0) is 47.1 Å². The zero-order valence-corrected chi connectivity index (χ0v) is 18.0. The summed E-state index contributed by atoms with van der Waals surface area (Å²) in [5.41, 5.74) is 1.000. The van der Waals surface area contributed by atoms with Gasteiger partial charge >= 0.3 is 5.97 Å². The van der Waals surface area contributed by atoms with Gasteiger partial charge < -0.3 is 9.30 Å². The minimum absolute atomic E-state index is 0.114. The standard InChI is InChI=1S/C18H13BrCl2N2O3S/c1-2-26-15(24)9-23-16-13(21)7-10(20)8-14(16)27-18(23)22-17(25)11-5-3-4-6-12(11)19/h3-8H,2,9H2,1H3. The summed E-state index contributed by atoms with van der Waals surface area (Å²) in [6.45, 7) is 1.86. The van der Waals surface area contributed by atoms with Crippen LogP contribution in [0.3, 0.4) is 0 Å². The Labute approximate surface area is 177 Å². The summed E-state index contributed by atoms with van der Waals surface area (Å²) < 4.78 is 7.96. The number of nitrogens with zero attached hydrogens (tertiary/aromatic N) is 2. The molecular formula is C18H13BrCl2N2O3S. The normalized spacial score (nSPS) is 11.8. The van der Waals surface area contributed by atoms with E-state index >= 15 is 0 Å². The number of benzene rings is 2. The lowest BCUT2D eigenvalue weighted by atomic mass is 10.2. The zero-order valence-electron chi connectivity index (χ0n) is 14.0. The quantitative estimate of drug-likeness (QED) is 0.482. The number of hydrogen-bond donors (Lipinski definition) is 0. The Morgan fingerprint density at radius 3 is 2.70 bits per heavy atom. The van der Waals surface area contributed by atoms with Gasteiger partial charge in [0, 0.05) is 9.50 Å². The van der Waals surface area contributed by atoms with Crippen LogP contribution in [-0.2, 0) is 16.1 Å². The van der Waals surface area contributed by atoms with Gasteiger partial charge in [-0.25, -0.2) is 0 Å². The minimum atomic E-state index is -0.446. The summed E-state index contributed by atoms with van der Waals surface area (Å²) in [5, 5.41) is 0.827. The molecular weight excluding hydrogens is 475 g/mol. The van der Waals surface area contributed by atoms with Gasteiger partial charge in [0.15, 0.2) is 4.80 Å². The lowest BCUT2D eigenvalue weighted by Crippen LogP contribution is -2.23. The highest BCUT2D eigenvalue weighted by molar-refractivity contribution is 9.10. The number of aromatic nitrogens is 1. The van der Waals surface area contributed by atoms with E-state index in [1.54, 1.807) is 41.8 Å². The molecule has 3 rings (SSSR count). The fraction of sp³-hybridized carbons (Fsp3) is 0.167. The van der Waals surface area contributed by atoms with E-state index in [1.807, 2.05) is 6.07 Å². The van der Waals surface area contributed by atoms with Crippen molar-refractivity contribution in [2.75, 3.05) is 6.61 Å². The summed E-state index contributed by atoms with van der Waals surface area (Å²) in [4.78, 5) is 29.3. The number of hydrogen-bond acceptors (Lipinski definition) is 4. The van der Waals surface area contributed by atoms with Crippen LogP contribution in [0, 0.1) is 0 Å². The zero-order chi connectivity index (χ0) is 19.6. The SMILES string of the molecule is CCOC(=O)Cn1c(=NC(=O)c2ccccc2Br)sc2cc(Cl)cc(Cl)c21. The molecule has 9 heteroatoms. The molecule has 3 aromatic rings. The first kappa shape index (κ1) is 20.1. The Kier molecular flexibility index (Phi) is 6.37. The van der Waals surface area contributed by atoms with Gasteiger partial charge in [0.1, 0.15) is 6.54 Å². The maximum Gasteiger partial charge on any atom is 0.326 e. The molecule has 5 nitrogen and oxygen atoms in total. The van der Waals surface area contributed by atoms with Gasteiger partial charge in [0.05, 0.1) is 27.4 Å². The van der Waals surface area contributed by atoms with Gasteiger partial charge in [-0.15, -0.1) is 0 Å². The number of carbonyl (C=O) groups excluding carboxylic acids is 2. The second-order valence-corrected chi connectivity index (χ2v) is 8.11. The summed E-state index contributed by atoms with van der Waals surface area (Å²) in [7, 11) is 0. The van der Waals surface area contributed by atoms with Gasteiger partial charge in [-0.2, -0.15) is 4.99 Å². The van der Waals surface area contributed by atoms with Crippen molar-refractivity contribution in [3.8, 4) is 0 Å². The molecule has 0 saturated carbocycles. The maximum atomic E-state index is 12.6. The van der Waals surface area contributed by atoms with Crippen LogP contribution < -0.4 is 4.80 Å². The molecule has 0 saturated heterocycles. The summed E-state index contributed by atoms with van der Waals surface area (Å²) in [5.74, 6) is -0.883. The number of halogens is 3. The van der Waals surface area contributed by atoms with Crippen molar-refractivity contribution >= 4 is 72.6 Å². The van der Waals surface area contributed by atoms with Gasteiger partial charge in [-0.1, -0.05) is 46.7 Å². The van der Waals surface area contributed by atoms with E-state index in [9.17, 15) is 9.59 Å². The monoisotopic (exact) mass is 486 g/mol. The van der Waals surface area contributed by atoms with Crippen molar-refractivity contribution in [1.29, 1.82) is 0 Å². The largest absolute Gasteiger partial charge is 0.465 e. The van der Waals surface area contributed by atoms with Crippen molar-refractivity contribution < 1.29 is 14.3 Å². The average Bonchev–Trinajstić information content (AvgIpc) is 2.92. The fourth-order valence-electron chi connectivity index (χ4n) is 2.48. The summed E-state index contributed by atoms with van der Waals surface area (Å²) in [6, 6.07) is 10.3. The molecule has 0 bridgehead atoms. The van der Waals surface area contributed by atoms with Crippen LogP contribution in [0.25, 0.3) is 10.2 Å². The van der Waals surface area contributed by atoms with Gasteiger partial charge in [0.2, 0.25) is 0 Å². The first-order valence-corrected chi connectivity index (χ1v) is 10.2. The third-order valence-electron chi connectivity index (χ3n) is 3.59. The highest BCUT2D eigenvalue weighted by Gasteiger charge is 2.16. The molecule has 0 aliphatic heterocycles. The molecule has 0 fully saturated rings. The maximum absolute atomic E-state index is 12.6. The molecule has 140 valence electrons. The second-order valence-electron chi connectivity index (χ2n) is 5.41. The van der Waals surface area contributed by atoms with E-state index in [4.69, 9.17) is 27.9 Å². The predicted octanol–water partition coefficient (Wildman–Crippen LogP) is 5.08. The molecule has 1 amide bonds. The molecule has 0 N–H and O–H groups in total. The number of thiazole rings is 1. The number of rotatable bonds is 4. The molecule has 0 unspecified atom stereocenters. The average molecular weight is 488 g/mol. The minimum Gasteiger partial charge on any atom is -0.465 e. The number of esters is 1. The molecule has 1 aromatic heterocycles. The van der Waals surface area contributed by atoms with E-state index in [1.165, 1.54) is 11.3 Å². The lowest BCUT2D eigenvalue weighted by molar-refractivity contribution is -0.143. The van der Waals surface area contributed by atoms with Crippen molar-refractivity contribution in [3.63, 3.8) is 0 Å². The highest BCUT2D eigenvalue weighted by atomic mass is 79.9. The number of carbonyl (C=O) groups is 2. The Balaban J connectivity index is 2.19. The van der Waals surface area contributed by atoms with E-state index in [2.05, 4.69) is 20.9 Å². The first-order valence-electron chi connectivity index (χ1n) is 7.88. The van der Waals surface area contributed by atoms with E-state index < -0.39 is 11.9 Å². The predicted molar refractivity (Wildman–Crippen MR) is 111 cm³/mol. The first-order chi connectivity index (χ1) is 12.9. The van der Waals surface area contributed by atoms with Gasteiger partial charge in [0.25, 0.3) is 5.91 Å².